The Labute approximate surface area is 119 Å². The SMILES string of the molecule is CC(C)Cc1cc(=S)nc(-c2cc(F)c(F)c(F)c2)[nH]1. The van der Waals surface area contributed by atoms with E-state index in [1.54, 1.807) is 6.07 Å². The van der Waals surface area contributed by atoms with Crippen LogP contribution in [0.3, 0.4) is 0 Å². The van der Waals surface area contributed by atoms with Crippen LogP contribution in [0.15, 0.2) is 18.2 Å². The van der Waals surface area contributed by atoms with Crippen molar-refractivity contribution in [3.05, 3.63) is 46.0 Å². The summed E-state index contributed by atoms with van der Waals surface area (Å²) in [5.74, 6) is -3.39. The molecule has 2 nitrogen and oxygen atoms in total. The summed E-state index contributed by atoms with van der Waals surface area (Å²) in [7, 11) is 0. The van der Waals surface area contributed by atoms with Crippen molar-refractivity contribution in [2.45, 2.75) is 20.3 Å². The van der Waals surface area contributed by atoms with Gasteiger partial charge in [0.25, 0.3) is 0 Å². The Kier molecular flexibility index (Phi) is 4.23. The summed E-state index contributed by atoms with van der Waals surface area (Å²) in [6.45, 7) is 4.07. The van der Waals surface area contributed by atoms with E-state index in [1.807, 2.05) is 13.8 Å². The Morgan fingerprint density at radius 1 is 1.15 bits per heavy atom. The van der Waals surface area contributed by atoms with E-state index >= 15 is 0 Å². The van der Waals surface area contributed by atoms with Gasteiger partial charge in [-0.15, -0.1) is 0 Å². The lowest BCUT2D eigenvalue weighted by molar-refractivity contribution is 0.447. The number of hydrogen-bond donors (Lipinski definition) is 1. The second-order valence-corrected chi connectivity index (χ2v) is 5.36. The number of halogens is 3. The molecule has 0 saturated heterocycles. The second kappa shape index (κ2) is 5.75. The minimum absolute atomic E-state index is 0.123. The molecule has 20 heavy (non-hydrogen) atoms. The smallest absolute Gasteiger partial charge is 0.194 e. The van der Waals surface area contributed by atoms with Crippen LogP contribution in [0, 0.1) is 28.0 Å². The normalized spacial score (nSPS) is 11.1. The van der Waals surface area contributed by atoms with Gasteiger partial charge in [0.15, 0.2) is 17.5 Å². The summed E-state index contributed by atoms with van der Waals surface area (Å²) in [6, 6.07) is 3.49. The number of rotatable bonds is 3. The van der Waals surface area contributed by atoms with Crippen LogP contribution >= 0.6 is 12.2 Å². The van der Waals surface area contributed by atoms with Crippen molar-refractivity contribution in [1.29, 1.82) is 0 Å². The Hall–Kier alpha value is -1.69. The molecule has 0 atom stereocenters. The largest absolute Gasteiger partial charge is 0.343 e. The van der Waals surface area contributed by atoms with E-state index in [0.717, 1.165) is 24.2 Å². The quantitative estimate of drug-likeness (QED) is 0.671. The highest BCUT2D eigenvalue weighted by atomic mass is 32.1. The Balaban J connectivity index is 2.52. The predicted octanol–water partition coefficient (Wildman–Crippen LogP) is 4.42. The van der Waals surface area contributed by atoms with Gasteiger partial charge in [-0.3, -0.25) is 0 Å². The van der Waals surface area contributed by atoms with Crippen LogP contribution in [0.1, 0.15) is 19.5 Å². The average molecular weight is 298 g/mol. The van der Waals surface area contributed by atoms with E-state index in [9.17, 15) is 13.2 Å². The predicted molar refractivity (Wildman–Crippen MR) is 73.3 cm³/mol. The number of hydrogen-bond acceptors (Lipinski definition) is 2. The van der Waals surface area contributed by atoms with Gasteiger partial charge >= 0.3 is 0 Å². The standard InChI is InChI=1S/C14H13F3N2S/c1-7(2)3-9-6-12(20)19-14(18-9)8-4-10(15)13(17)11(16)5-8/h4-7H,3H2,1-2H3,(H,18,19,20). The fourth-order valence-electron chi connectivity index (χ4n) is 1.89. The highest BCUT2D eigenvalue weighted by Gasteiger charge is 2.13. The molecule has 0 unspecified atom stereocenters. The van der Waals surface area contributed by atoms with Gasteiger partial charge in [0.1, 0.15) is 10.5 Å². The third-order valence-corrected chi connectivity index (χ3v) is 2.89. The first-order valence-corrected chi connectivity index (χ1v) is 6.53. The van der Waals surface area contributed by atoms with Gasteiger partial charge in [-0.1, -0.05) is 26.1 Å². The van der Waals surface area contributed by atoms with Crippen LogP contribution in [-0.4, -0.2) is 9.97 Å². The molecule has 2 rings (SSSR count). The van der Waals surface area contributed by atoms with Crippen molar-refractivity contribution in [2.24, 2.45) is 5.92 Å². The van der Waals surface area contributed by atoms with Crippen molar-refractivity contribution in [2.75, 3.05) is 0 Å². The summed E-state index contributed by atoms with van der Waals surface area (Å²) < 4.78 is 39.8. The second-order valence-electron chi connectivity index (χ2n) is 4.95. The molecule has 1 aromatic heterocycles. The van der Waals surface area contributed by atoms with Crippen LogP contribution in [0.5, 0.6) is 0 Å². The molecular formula is C14H13F3N2S. The molecule has 0 aliphatic heterocycles. The number of aromatic amines is 1. The van der Waals surface area contributed by atoms with Crippen LogP contribution in [0.25, 0.3) is 11.4 Å². The van der Waals surface area contributed by atoms with Crippen molar-refractivity contribution >= 4 is 12.2 Å². The average Bonchev–Trinajstić information content (AvgIpc) is 2.33. The summed E-state index contributed by atoms with van der Waals surface area (Å²) in [5.41, 5.74) is 0.943. The van der Waals surface area contributed by atoms with E-state index < -0.39 is 17.5 Å². The lowest BCUT2D eigenvalue weighted by Gasteiger charge is -2.08. The van der Waals surface area contributed by atoms with Crippen LogP contribution < -0.4 is 0 Å². The minimum Gasteiger partial charge on any atom is -0.343 e. The molecule has 0 fully saturated rings. The summed E-state index contributed by atoms with van der Waals surface area (Å²) in [4.78, 5) is 7.00. The molecule has 0 spiro atoms. The zero-order valence-corrected chi connectivity index (χ0v) is 11.8. The van der Waals surface area contributed by atoms with E-state index in [2.05, 4.69) is 9.97 Å². The summed E-state index contributed by atoms with van der Waals surface area (Å²) >= 11 is 5.04. The van der Waals surface area contributed by atoms with Gasteiger partial charge in [-0.2, -0.15) is 0 Å². The summed E-state index contributed by atoms with van der Waals surface area (Å²) in [6.07, 6.45) is 0.727. The Bertz CT molecular complexity index is 672. The highest BCUT2D eigenvalue weighted by Crippen LogP contribution is 2.21. The maximum absolute atomic E-state index is 13.3. The molecule has 1 aromatic carbocycles. The van der Waals surface area contributed by atoms with Gasteiger partial charge in [-0.25, -0.2) is 18.2 Å². The van der Waals surface area contributed by atoms with Crippen molar-refractivity contribution in [3.63, 3.8) is 0 Å². The molecule has 106 valence electrons. The monoisotopic (exact) mass is 298 g/mol. The lowest BCUT2D eigenvalue weighted by atomic mass is 10.1. The molecule has 6 heteroatoms. The summed E-state index contributed by atoms with van der Waals surface area (Å²) in [5, 5.41) is 0. The number of H-pyrrole nitrogens is 1. The van der Waals surface area contributed by atoms with Crippen molar-refractivity contribution < 1.29 is 13.2 Å². The molecule has 2 aromatic rings. The molecule has 0 amide bonds. The number of nitrogens with one attached hydrogen (secondary N) is 1. The molecule has 1 heterocycles. The van der Waals surface area contributed by atoms with Crippen LogP contribution in [-0.2, 0) is 6.42 Å². The maximum Gasteiger partial charge on any atom is 0.194 e. The third kappa shape index (κ3) is 3.25. The van der Waals surface area contributed by atoms with Crippen molar-refractivity contribution in [3.8, 4) is 11.4 Å². The maximum atomic E-state index is 13.3. The zero-order valence-electron chi connectivity index (χ0n) is 11.0. The number of nitrogens with zero attached hydrogens (tertiary/aromatic N) is 1. The Morgan fingerprint density at radius 2 is 1.75 bits per heavy atom. The van der Waals surface area contributed by atoms with Gasteiger partial charge < -0.3 is 4.98 Å². The van der Waals surface area contributed by atoms with Gasteiger partial charge in [-0.05, 0) is 30.5 Å². The van der Waals surface area contributed by atoms with Crippen LogP contribution in [0.4, 0.5) is 13.2 Å². The third-order valence-electron chi connectivity index (χ3n) is 2.68. The number of aromatic nitrogens is 2. The van der Waals surface area contributed by atoms with Crippen molar-refractivity contribution in [1.82, 2.24) is 9.97 Å². The molecular weight excluding hydrogens is 285 g/mol. The molecule has 1 N–H and O–H groups in total. The minimum atomic E-state index is -1.49. The molecule has 0 radical (unpaired) electrons. The van der Waals surface area contributed by atoms with Gasteiger partial charge in [0, 0.05) is 11.3 Å². The molecule has 0 aliphatic rings. The fourth-order valence-corrected chi connectivity index (χ4v) is 2.12. The van der Waals surface area contributed by atoms with E-state index in [1.165, 1.54) is 0 Å². The highest BCUT2D eigenvalue weighted by molar-refractivity contribution is 7.71. The topological polar surface area (TPSA) is 28.7 Å². The Morgan fingerprint density at radius 3 is 2.30 bits per heavy atom. The van der Waals surface area contributed by atoms with Crippen LogP contribution in [0.2, 0.25) is 0 Å². The van der Waals surface area contributed by atoms with E-state index in [4.69, 9.17) is 12.2 Å². The van der Waals surface area contributed by atoms with Gasteiger partial charge in [0.05, 0.1) is 0 Å². The molecule has 0 saturated carbocycles. The molecule has 0 bridgehead atoms. The van der Waals surface area contributed by atoms with E-state index in [0.29, 0.717) is 10.6 Å². The first kappa shape index (κ1) is 14.7. The molecule has 0 aliphatic carbocycles. The first-order chi connectivity index (χ1) is 9.36. The number of benzene rings is 1. The fraction of sp³-hybridized carbons (Fsp3) is 0.286. The first-order valence-electron chi connectivity index (χ1n) is 6.12. The zero-order chi connectivity index (χ0) is 14.9. The van der Waals surface area contributed by atoms with Gasteiger partial charge in [0.2, 0.25) is 0 Å². The van der Waals surface area contributed by atoms with E-state index in [-0.39, 0.29) is 11.4 Å². The lowest BCUT2D eigenvalue weighted by Crippen LogP contribution is -2.01.